The van der Waals surface area contributed by atoms with E-state index in [0.717, 1.165) is 25.7 Å². The Balaban J connectivity index is 3.47. The third-order valence-corrected chi connectivity index (χ3v) is 5.47. The second kappa shape index (κ2) is 18.7. The van der Waals surface area contributed by atoms with Gasteiger partial charge < -0.3 is 9.47 Å². The molecule has 0 bridgehead atoms. The minimum atomic E-state index is -0.0554. The first-order valence-electron chi connectivity index (χ1n) is 12.6. The molecule has 0 aromatic heterocycles. The van der Waals surface area contributed by atoms with E-state index >= 15 is 0 Å². The maximum absolute atomic E-state index is 12.2. The lowest BCUT2D eigenvalue weighted by Crippen LogP contribution is -2.25. The Morgan fingerprint density at radius 3 is 1.37 bits per heavy atom. The van der Waals surface area contributed by atoms with E-state index in [1.54, 1.807) is 0 Å². The molecule has 0 saturated carbocycles. The molecule has 0 N–H and O–H groups in total. The molecule has 0 aliphatic carbocycles. The summed E-state index contributed by atoms with van der Waals surface area (Å²) in [5.41, 5.74) is 0. The lowest BCUT2D eigenvalue weighted by atomic mass is 9.90. The zero-order valence-corrected chi connectivity index (χ0v) is 20.8. The summed E-state index contributed by atoms with van der Waals surface area (Å²) in [7, 11) is 0. The van der Waals surface area contributed by atoms with Crippen molar-refractivity contribution in [3.05, 3.63) is 0 Å². The average Bonchev–Trinajstić information content (AvgIpc) is 2.63. The molecular formula is C26H50O4. The minimum absolute atomic E-state index is 0.00275. The smallest absolute Gasteiger partial charge is 0.309 e. The highest BCUT2D eigenvalue weighted by Gasteiger charge is 2.23. The van der Waals surface area contributed by atoms with Gasteiger partial charge in [-0.25, -0.2) is 0 Å². The van der Waals surface area contributed by atoms with Crippen LogP contribution in [-0.4, -0.2) is 24.1 Å². The first-order valence-corrected chi connectivity index (χ1v) is 12.6. The van der Waals surface area contributed by atoms with Crippen LogP contribution in [0.3, 0.4) is 0 Å². The third-order valence-electron chi connectivity index (χ3n) is 5.47. The molecule has 0 heterocycles. The van der Waals surface area contributed by atoms with E-state index in [-0.39, 0.29) is 30.1 Å². The molecule has 0 aromatic carbocycles. The van der Waals surface area contributed by atoms with Gasteiger partial charge in [0.2, 0.25) is 0 Å². The van der Waals surface area contributed by atoms with Crippen molar-refractivity contribution in [2.75, 3.05) is 0 Å². The standard InChI is InChI=1S/C26H50O4/c1-21(2)24(26(28)30-23(5)6)19-17-15-13-11-9-7-8-10-12-14-16-18-20-25(27)29-22(3)4/h21-24H,7-20H2,1-6H3. The number of rotatable bonds is 19. The van der Waals surface area contributed by atoms with Gasteiger partial charge >= 0.3 is 11.9 Å². The van der Waals surface area contributed by atoms with Crippen LogP contribution in [0.1, 0.15) is 131 Å². The van der Waals surface area contributed by atoms with Gasteiger partial charge in [0.05, 0.1) is 18.1 Å². The molecule has 1 atom stereocenters. The van der Waals surface area contributed by atoms with Crippen molar-refractivity contribution in [3.63, 3.8) is 0 Å². The van der Waals surface area contributed by atoms with Gasteiger partial charge in [-0.2, -0.15) is 0 Å². The molecule has 30 heavy (non-hydrogen) atoms. The summed E-state index contributed by atoms with van der Waals surface area (Å²) >= 11 is 0. The van der Waals surface area contributed by atoms with Crippen molar-refractivity contribution in [2.45, 2.75) is 144 Å². The lowest BCUT2D eigenvalue weighted by molar-refractivity contribution is -0.154. The molecule has 0 aliphatic rings. The van der Waals surface area contributed by atoms with Gasteiger partial charge in [0.15, 0.2) is 0 Å². The fraction of sp³-hybridized carbons (Fsp3) is 0.923. The van der Waals surface area contributed by atoms with Crippen LogP contribution >= 0.6 is 0 Å². The number of unbranched alkanes of at least 4 members (excludes halogenated alkanes) is 11. The normalized spacial score (nSPS) is 12.6. The molecule has 1 unspecified atom stereocenters. The number of hydrogen-bond donors (Lipinski definition) is 0. The summed E-state index contributed by atoms with van der Waals surface area (Å²) in [4.78, 5) is 23.6. The van der Waals surface area contributed by atoms with E-state index in [4.69, 9.17) is 9.47 Å². The van der Waals surface area contributed by atoms with E-state index in [1.165, 1.54) is 57.8 Å². The Bertz CT molecular complexity index is 429. The largest absolute Gasteiger partial charge is 0.463 e. The average molecular weight is 427 g/mol. The fourth-order valence-electron chi connectivity index (χ4n) is 3.77. The van der Waals surface area contributed by atoms with Crippen LogP contribution < -0.4 is 0 Å². The van der Waals surface area contributed by atoms with Crippen LogP contribution in [0.4, 0.5) is 0 Å². The van der Waals surface area contributed by atoms with Crippen molar-refractivity contribution < 1.29 is 19.1 Å². The number of esters is 2. The third kappa shape index (κ3) is 17.8. The summed E-state index contributed by atoms with van der Waals surface area (Å²) in [6.07, 6.45) is 16.3. The molecule has 0 aliphatic heterocycles. The summed E-state index contributed by atoms with van der Waals surface area (Å²) in [5.74, 6) is 0.328. The van der Waals surface area contributed by atoms with Gasteiger partial charge in [-0.05, 0) is 46.5 Å². The predicted octanol–water partition coefficient (Wildman–Crippen LogP) is 7.62. The van der Waals surface area contributed by atoms with Gasteiger partial charge in [0.25, 0.3) is 0 Å². The number of carbonyl (C=O) groups is 2. The van der Waals surface area contributed by atoms with Crippen molar-refractivity contribution >= 4 is 11.9 Å². The van der Waals surface area contributed by atoms with Crippen molar-refractivity contribution in [1.29, 1.82) is 0 Å². The highest BCUT2D eigenvalue weighted by atomic mass is 16.5. The molecule has 0 saturated heterocycles. The summed E-state index contributed by atoms with van der Waals surface area (Å²) in [5, 5.41) is 0. The molecule has 4 nitrogen and oxygen atoms in total. The van der Waals surface area contributed by atoms with Crippen molar-refractivity contribution in [1.82, 2.24) is 0 Å². The second-order valence-electron chi connectivity index (χ2n) is 9.66. The molecular weight excluding hydrogens is 376 g/mol. The van der Waals surface area contributed by atoms with E-state index in [2.05, 4.69) is 13.8 Å². The number of ether oxygens (including phenoxy) is 2. The fourth-order valence-corrected chi connectivity index (χ4v) is 3.77. The predicted molar refractivity (Wildman–Crippen MR) is 125 cm³/mol. The minimum Gasteiger partial charge on any atom is -0.463 e. The highest BCUT2D eigenvalue weighted by molar-refractivity contribution is 5.72. The summed E-state index contributed by atoms with van der Waals surface area (Å²) < 4.78 is 10.5. The molecule has 0 fully saturated rings. The quantitative estimate of drug-likeness (QED) is 0.157. The first-order chi connectivity index (χ1) is 14.2. The topological polar surface area (TPSA) is 52.6 Å². The van der Waals surface area contributed by atoms with E-state index < -0.39 is 0 Å². The SMILES string of the molecule is CC(C)OC(=O)CCCCCCCCCCCCCCC(C(=O)OC(C)C)C(C)C. The van der Waals surface area contributed by atoms with Crippen molar-refractivity contribution in [2.24, 2.45) is 11.8 Å². The van der Waals surface area contributed by atoms with Crippen molar-refractivity contribution in [3.8, 4) is 0 Å². The van der Waals surface area contributed by atoms with Crippen LogP contribution in [0.5, 0.6) is 0 Å². The molecule has 0 rings (SSSR count). The number of carbonyl (C=O) groups excluding carboxylic acids is 2. The zero-order chi connectivity index (χ0) is 22.8. The monoisotopic (exact) mass is 426 g/mol. The lowest BCUT2D eigenvalue weighted by Gasteiger charge is -2.20. The van der Waals surface area contributed by atoms with Gasteiger partial charge in [-0.1, -0.05) is 84.5 Å². The van der Waals surface area contributed by atoms with Gasteiger partial charge in [-0.3, -0.25) is 9.59 Å². The van der Waals surface area contributed by atoms with E-state index in [0.29, 0.717) is 12.3 Å². The van der Waals surface area contributed by atoms with Crippen LogP contribution in [0.15, 0.2) is 0 Å². The highest BCUT2D eigenvalue weighted by Crippen LogP contribution is 2.22. The Labute approximate surface area is 186 Å². The first kappa shape index (κ1) is 28.9. The van der Waals surface area contributed by atoms with Crippen LogP contribution in [0, 0.1) is 11.8 Å². The van der Waals surface area contributed by atoms with Gasteiger partial charge in [-0.15, -0.1) is 0 Å². The summed E-state index contributed by atoms with van der Waals surface area (Å²) in [6.45, 7) is 11.9. The van der Waals surface area contributed by atoms with Crippen LogP contribution in [0.2, 0.25) is 0 Å². The molecule has 4 heteroatoms. The molecule has 0 aromatic rings. The van der Waals surface area contributed by atoms with Gasteiger partial charge in [0, 0.05) is 6.42 Å². The molecule has 0 amide bonds. The maximum atomic E-state index is 12.2. The Kier molecular flexibility index (Phi) is 18.0. The van der Waals surface area contributed by atoms with E-state index in [1.807, 2.05) is 27.7 Å². The Morgan fingerprint density at radius 2 is 0.967 bits per heavy atom. The van der Waals surface area contributed by atoms with E-state index in [9.17, 15) is 9.59 Å². The molecule has 0 spiro atoms. The Morgan fingerprint density at radius 1 is 0.567 bits per heavy atom. The molecule has 0 radical (unpaired) electrons. The maximum Gasteiger partial charge on any atom is 0.309 e. The Hall–Kier alpha value is -1.06. The molecule has 178 valence electrons. The van der Waals surface area contributed by atoms with Crippen LogP contribution in [-0.2, 0) is 19.1 Å². The second-order valence-corrected chi connectivity index (χ2v) is 9.66. The van der Waals surface area contributed by atoms with Gasteiger partial charge in [0.1, 0.15) is 0 Å². The number of hydrogen-bond acceptors (Lipinski definition) is 4. The zero-order valence-electron chi connectivity index (χ0n) is 20.8. The van der Waals surface area contributed by atoms with Crippen LogP contribution in [0.25, 0.3) is 0 Å². The summed E-state index contributed by atoms with van der Waals surface area (Å²) in [6, 6.07) is 0.